The zero-order valence-electron chi connectivity index (χ0n) is 44.1. The van der Waals surface area contributed by atoms with Gasteiger partial charge in [0.05, 0.1) is 39.8 Å². The van der Waals surface area contributed by atoms with E-state index in [2.05, 4.69) is 48.4 Å². The number of alkyl halides is 1. The topological polar surface area (TPSA) is 240 Å². The third-order valence-electron chi connectivity index (χ3n) is 14.4. The zero-order chi connectivity index (χ0) is 54.1. The average Bonchev–Trinajstić information content (AvgIpc) is 3.79. The van der Waals surface area contributed by atoms with E-state index in [0.717, 1.165) is 78.2 Å². The van der Waals surface area contributed by atoms with Crippen molar-refractivity contribution in [1.29, 1.82) is 0 Å². The Kier molecular flexibility index (Phi) is 17.9. The first-order valence-corrected chi connectivity index (χ1v) is 27.3. The van der Waals surface area contributed by atoms with Gasteiger partial charge in [0.25, 0.3) is 23.6 Å². The number of H-pyrrole nitrogens is 1. The van der Waals surface area contributed by atoms with Crippen molar-refractivity contribution >= 4 is 63.5 Å². The summed E-state index contributed by atoms with van der Waals surface area (Å²) >= 11 is 1.46. The fraction of sp³-hybridized carbons (Fsp3) is 0.500. The molecule has 2 saturated heterocycles. The van der Waals surface area contributed by atoms with Crippen molar-refractivity contribution in [3.05, 3.63) is 94.4 Å². The summed E-state index contributed by atoms with van der Waals surface area (Å²) in [6.07, 6.45) is 5.79. The number of amides is 6. The van der Waals surface area contributed by atoms with Gasteiger partial charge in [-0.2, -0.15) is 0 Å². The van der Waals surface area contributed by atoms with Crippen LogP contribution in [0.1, 0.15) is 130 Å². The molecular weight excluding hydrogens is 992 g/mol. The predicted octanol–water partition coefficient (Wildman–Crippen LogP) is 6.72. The number of aromatic nitrogens is 3. The van der Waals surface area contributed by atoms with Gasteiger partial charge in [-0.1, -0.05) is 52.2 Å². The Bertz CT molecular complexity index is 2900. The molecule has 3 aromatic carbocycles. The van der Waals surface area contributed by atoms with Crippen LogP contribution in [0.15, 0.2) is 66.2 Å². The SMILES string of the molecule is Cc1ncsc1-c1ccc(CNC(=O)[C@@H]2C[C@@H](O)CN2C(=O)[C@@H](NC(=O)C2(F)CC2)C(C)(C)C)c(OCC(=O)NCCCCCCCNC(=O)c2ccc(C(=O)Nc3ccc4nc(CN5CCC[C@@H]5C)[nH]c4c3)cc2)c1. The molecule has 2 aliphatic heterocycles. The number of likely N-dealkylation sites (tertiary alicyclic amines) is 2. The first kappa shape index (κ1) is 55.5. The lowest BCUT2D eigenvalue weighted by Crippen LogP contribution is -2.59. The highest BCUT2D eigenvalue weighted by Gasteiger charge is 2.53. The van der Waals surface area contributed by atoms with Crippen LogP contribution >= 0.6 is 11.3 Å². The average molecular weight is 1060 g/mol. The molecule has 8 rings (SSSR count). The van der Waals surface area contributed by atoms with Crippen LogP contribution in [0, 0.1) is 12.3 Å². The highest BCUT2D eigenvalue weighted by molar-refractivity contribution is 7.13. The minimum atomic E-state index is -2.00. The molecule has 4 atom stereocenters. The maximum absolute atomic E-state index is 14.6. The Morgan fingerprint density at radius 2 is 1.63 bits per heavy atom. The van der Waals surface area contributed by atoms with E-state index in [0.29, 0.717) is 47.3 Å². The summed E-state index contributed by atoms with van der Waals surface area (Å²) in [6, 6.07) is 16.0. The smallest absolute Gasteiger partial charge is 0.258 e. The molecule has 3 fully saturated rings. The van der Waals surface area contributed by atoms with Crippen LogP contribution in [0.4, 0.5) is 10.1 Å². The Balaban J connectivity index is 0.736. The fourth-order valence-corrected chi connectivity index (χ4v) is 10.5. The molecular formula is C56H71FN10O8S. The Hall–Kier alpha value is -6.77. The van der Waals surface area contributed by atoms with E-state index in [1.165, 1.54) is 29.1 Å². The largest absolute Gasteiger partial charge is 0.483 e. The number of carbonyl (C=O) groups excluding carboxylic acids is 6. The lowest BCUT2D eigenvalue weighted by Gasteiger charge is -2.35. The molecule has 0 unspecified atom stereocenters. The second-order valence-electron chi connectivity index (χ2n) is 21.5. The number of aryl methyl sites for hydroxylation is 1. The molecule has 20 heteroatoms. The number of rotatable bonds is 23. The molecule has 3 aliphatic rings. The van der Waals surface area contributed by atoms with Crippen LogP contribution in [0.25, 0.3) is 21.5 Å². The Morgan fingerprint density at radius 3 is 2.30 bits per heavy atom. The van der Waals surface area contributed by atoms with Crippen LogP contribution in [-0.4, -0.2) is 128 Å². The number of halogens is 1. The van der Waals surface area contributed by atoms with E-state index in [-0.39, 0.29) is 56.7 Å². The molecule has 2 aromatic heterocycles. The van der Waals surface area contributed by atoms with E-state index < -0.39 is 47.0 Å². The van der Waals surface area contributed by atoms with Gasteiger partial charge in [0.15, 0.2) is 12.3 Å². The summed E-state index contributed by atoms with van der Waals surface area (Å²) in [4.78, 5) is 96.4. The van der Waals surface area contributed by atoms with Crippen molar-refractivity contribution in [2.24, 2.45) is 5.41 Å². The van der Waals surface area contributed by atoms with Gasteiger partial charge in [0.2, 0.25) is 11.8 Å². The molecule has 6 amide bonds. The van der Waals surface area contributed by atoms with Crippen molar-refractivity contribution in [3.8, 4) is 16.2 Å². The number of β-amino-alcohol motifs (C(OH)–C–C–N with tert-alkyl or cyclic N) is 1. The van der Waals surface area contributed by atoms with Gasteiger partial charge in [-0.3, -0.25) is 33.7 Å². The van der Waals surface area contributed by atoms with Gasteiger partial charge in [0.1, 0.15) is 23.7 Å². The number of nitrogens with zero attached hydrogens (tertiary/aromatic N) is 4. The summed E-state index contributed by atoms with van der Waals surface area (Å²) in [5.74, 6) is -1.48. The van der Waals surface area contributed by atoms with Crippen LogP contribution < -0.4 is 31.3 Å². The van der Waals surface area contributed by atoms with Gasteiger partial charge < -0.3 is 46.3 Å². The molecule has 4 heterocycles. The molecule has 1 saturated carbocycles. The van der Waals surface area contributed by atoms with Crippen molar-refractivity contribution in [2.75, 3.05) is 38.1 Å². The van der Waals surface area contributed by atoms with Crippen LogP contribution in [0.5, 0.6) is 5.75 Å². The van der Waals surface area contributed by atoms with Gasteiger partial charge in [0, 0.05) is 61.0 Å². The van der Waals surface area contributed by atoms with Crippen LogP contribution in [0.2, 0.25) is 0 Å². The number of aromatic amines is 1. The van der Waals surface area contributed by atoms with Crippen molar-refractivity contribution in [3.63, 3.8) is 0 Å². The number of aliphatic hydroxyl groups excluding tert-OH is 1. The summed E-state index contributed by atoms with van der Waals surface area (Å²) in [6.45, 7) is 11.7. The van der Waals surface area contributed by atoms with E-state index in [4.69, 9.17) is 9.72 Å². The van der Waals surface area contributed by atoms with Gasteiger partial charge in [-0.05, 0) is 118 Å². The second kappa shape index (κ2) is 24.5. The van der Waals surface area contributed by atoms with Crippen molar-refractivity contribution < 1.29 is 43.0 Å². The normalized spacial score (nSPS) is 18.5. The molecule has 1 aliphatic carbocycles. The quantitative estimate of drug-likeness (QED) is 0.0339. The highest BCUT2D eigenvalue weighted by Crippen LogP contribution is 2.41. The number of fused-ring (bicyclic) bond motifs is 1. The van der Waals surface area contributed by atoms with Crippen LogP contribution in [0.3, 0.4) is 0 Å². The first-order chi connectivity index (χ1) is 36.3. The van der Waals surface area contributed by atoms with E-state index in [1.807, 2.05) is 31.2 Å². The summed E-state index contributed by atoms with van der Waals surface area (Å²) in [5, 5.41) is 24.9. The number of unbranched alkanes of at least 4 members (excludes halogenated alkanes) is 4. The molecule has 5 aromatic rings. The minimum absolute atomic E-state index is 0.0150. The van der Waals surface area contributed by atoms with Gasteiger partial charge in [-0.25, -0.2) is 14.4 Å². The molecule has 18 nitrogen and oxygen atoms in total. The zero-order valence-corrected chi connectivity index (χ0v) is 44.9. The lowest BCUT2D eigenvalue weighted by molar-refractivity contribution is -0.145. The number of imidazole rings is 1. The summed E-state index contributed by atoms with van der Waals surface area (Å²) < 4.78 is 20.7. The molecule has 7 N–H and O–H groups in total. The number of aliphatic hydroxyl groups is 1. The maximum Gasteiger partial charge on any atom is 0.258 e. The maximum atomic E-state index is 14.6. The number of nitrogens with one attached hydrogen (secondary N) is 6. The van der Waals surface area contributed by atoms with Crippen molar-refractivity contribution in [2.45, 2.75) is 142 Å². The predicted molar refractivity (Wildman–Crippen MR) is 288 cm³/mol. The lowest BCUT2D eigenvalue weighted by atomic mass is 9.85. The molecule has 0 bridgehead atoms. The number of hydrogen-bond donors (Lipinski definition) is 7. The molecule has 0 radical (unpaired) electrons. The standard InChI is InChI=1S/C56H71FN10O8S/c1-34-12-11-25-66(34)31-46-63-42-20-19-40(27-43(42)64-46)62-51(71)37-15-13-36(14-16-37)50(70)59-24-10-8-6-7-9-23-58-47(69)32-75-45-26-38(48-35(2)61-33-76-48)17-18-39(45)29-60-52(72)44-28-41(68)30-67(44)53(73)49(55(3,4)5)65-54(74)56(57)21-22-56/h13-20,26-27,33-34,41,44,49,68H,6-12,21-25,28-32H2,1-5H3,(H,58,69)(H,59,70)(H,60,72)(H,62,71)(H,63,64)(H,65,74)/t34-,41+,44-,49+/m0/s1. The second-order valence-corrected chi connectivity index (χ2v) is 22.4. The molecule has 0 spiro atoms. The van der Waals surface area contributed by atoms with Gasteiger partial charge in [-0.15, -0.1) is 11.3 Å². The van der Waals surface area contributed by atoms with Crippen molar-refractivity contribution in [1.82, 2.24) is 46.0 Å². The molecule has 406 valence electrons. The summed E-state index contributed by atoms with van der Waals surface area (Å²) in [5.41, 5.74) is 4.42. The van der Waals surface area contributed by atoms with E-state index in [1.54, 1.807) is 62.7 Å². The number of anilines is 1. The van der Waals surface area contributed by atoms with Crippen LogP contribution in [-0.2, 0) is 32.3 Å². The van der Waals surface area contributed by atoms with Gasteiger partial charge >= 0.3 is 0 Å². The van der Waals surface area contributed by atoms with E-state index in [9.17, 15) is 38.3 Å². The minimum Gasteiger partial charge on any atom is -0.483 e. The number of ether oxygens (including phenoxy) is 1. The summed E-state index contributed by atoms with van der Waals surface area (Å²) in [7, 11) is 0. The number of benzene rings is 3. The monoisotopic (exact) mass is 1060 g/mol. The van der Waals surface area contributed by atoms with E-state index >= 15 is 0 Å². The number of hydrogen-bond acceptors (Lipinski definition) is 12. The number of carbonyl (C=O) groups is 6. The number of thiazole rings is 1. The highest BCUT2D eigenvalue weighted by atomic mass is 32.1. The third kappa shape index (κ3) is 14.2. The Labute approximate surface area is 446 Å². The molecule has 76 heavy (non-hydrogen) atoms. The Morgan fingerprint density at radius 1 is 0.921 bits per heavy atom. The fourth-order valence-electron chi connectivity index (χ4n) is 9.69. The third-order valence-corrected chi connectivity index (χ3v) is 15.4. The first-order valence-electron chi connectivity index (χ1n) is 26.5.